The lowest BCUT2D eigenvalue weighted by molar-refractivity contribution is 0.0955. The first kappa shape index (κ1) is 21.0. The molecular formula is C26H30N2O4. The first-order valence-corrected chi connectivity index (χ1v) is 11.6. The van der Waals surface area contributed by atoms with Gasteiger partial charge in [0.25, 0.3) is 0 Å². The molecule has 1 aromatic heterocycles. The van der Waals surface area contributed by atoms with Gasteiger partial charge in [-0.3, -0.25) is 0 Å². The Morgan fingerprint density at radius 2 is 1.97 bits per heavy atom. The van der Waals surface area contributed by atoms with Crippen molar-refractivity contribution in [3.8, 4) is 11.5 Å². The van der Waals surface area contributed by atoms with Crippen molar-refractivity contribution in [1.29, 1.82) is 0 Å². The topological polar surface area (TPSA) is 95.4 Å². The maximum atomic E-state index is 12.2. The Balaban J connectivity index is 1.43. The lowest BCUT2D eigenvalue weighted by Gasteiger charge is -2.49. The summed E-state index contributed by atoms with van der Waals surface area (Å²) >= 11 is 0. The molecule has 5 rings (SSSR count). The maximum absolute atomic E-state index is 12.2. The Bertz CT molecular complexity index is 1190. The van der Waals surface area contributed by atoms with Gasteiger partial charge in [-0.25, -0.2) is 4.79 Å². The first-order valence-electron chi connectivity index (χ1n) is 11.6. The van der Waals surface area contributed by atoms with Crippen molar-refractivity contribution >= 4 is 11.4 Å². The quantitative estimate of drug-likeness (QED) is 0.509. The van der Waals surface area contributed by atoms with Crippen LogP contribution >= 0.6 is 0 Å². The van der Waals surface area contributed by atoms with Gasteiger partial charge in [0, 0.05) is 17.2 Å². The van der Waals surface area contributed by atoms with Gasteiger partial charge in [0.1, 0.15) is 22.8 Å². The average Bonchev–Trinajstić information content (AvgIpc) is 3.07. The van der Waals surface area contributed by atoms with Crippen LogP contribution in [0.1, 0.15) is 74.3 Å². The highest BCUT2D eigenvalue weighted by molar-refractivity contribution is 6.01. The summed E-state index contributed by atoms with van der Waals surface area (Å²) in [6.07, 6.45) is 6.36. The molecule has 0 radical (unpaired) electrons. The number of hydrogen-bond acceptors (Lipinski definition) is 6. The van der Waals surface area contributed by atoms with Crippen LogP contribution in [0.4, 0.5) is 0 Å². The van der Waals surface area contributed by atoms with E-state index in [-0.39, 0.29) is 16.7 Å². The zero-order chi connectivity index (χ0) is 22.6. The molecule has 2 fully saturated rings. The van der Waals surface area contributed by atoms with E-state index in [1.54, 1.807) is 13.8 Å². The molecule has 1 heterocycles. The summed E-state index contributed by atoms with van der Waals surface area (Å²) in [5, 5.41) is 29.1. The monoisotopic (exact) mass is 434 g/mol. The zero-order valence-electron chi connectivity index (χ0n) is 18.9. The Kier molecular flexibility index (Phi) is 4.99. The van der Waals surface area contributed by atoms with E-state index in [1.165, 1.54) is 17.2 Å². The standard InChI is InChI=1S/C26H30N2O4/c1-14-12-22(30)24(25(31)32-14)15(2)27-28-23-9-8-21-20-6-4-16-13-17(29)5-7-18(16)19(20)10-11-26(21,23)3/h5,7,12-13,19-21,29-30H,4,6,8-11H2,1-3H3/b27-15?,28-23-/t19-,20-,21-,26-/m1/s1. The lowest BCUT2D eigenvalue weighted by atomic mass is 9.55. The second-order valence-corrected chi connectivity index (χ2v) is 9.93. The number of aromatic hydroxyl groups is 2. The van der Waals surface area contributed by atoms with Crippen molar-refractivity contribution in [1.82, 2.24) is 0 Å². The Morgan fingerprint density at radius 3 is 2.75 bits per heavy atom. The minimum absolute atomic E-state index is 0.0133. The number of fused-ring (bicyclic) bond motifs is 5. The second kappa shape index (κ2) is 7.61. The van der Waals surface area contributed by atoms with Crippen molar-refractivity contribution in [3.63, 3.8) is 0 Å². The minimum atomic E-state index is -0.591. The summed E-state index contributed by atoms with van der Waals surface area (Å²) in [6, 6.07) is 7.32. The summed E-state index contributed by atoms with van der Waals surface area (Å²) in [6.45, 7) is 5.64. The predicted molar refractivity (Wildman–Crippen MR) is 124 cm³/mol. The molecule has 0 saturated heterocycles. The van der Waals surface area contributed by atoms with E-state index in [4.69, 9.17) is 4.42 Å². The predicted octanol–water partition coefficient (Wildman–Crippen LogP) is 5.08. The molecular weight excluding hydrogens is 404 g/mol. The maximum Gasteiger partial charge on any atom is 0.348 e. The number of phenolic OH excluding ortho intramolecular Hbond substituents is 1. The van der Waals surface area contributed by atoms with Crippen LogP contribution in [0.25, 0.3) is 0 Å². The van der Waals surface area contributed by atoms with Crippen LogP contribution in [0, 0.1) is 24.2 Å². The van der Waals surface area contributed by atoms with Gasteiger partial charge in [-0.05, 0) is 93.4 Å². The molecule has 6 heteroatoms. The molecule has 3 aliphatic carbocycles. The summed E-state index contributed by atoms with van der Waals surface area (Å²) in [4.78, 5) is 12.2. The molecule has 6 nitrogen and oxygen atoms in total. The van der Waals surface area contributed by atoms with Crippen molar-refractivity contribution in [3.05, 3.63) is 57.1 Å². The van der Waals surface area contributed by atoms with Crippen LogP contribution in [0.2, 0.25) is 0 Å². The summed E-state index contributed by atoms with van der Waals surface area (Å²) in [5.41, 5.74) is 3.70. The van der Waals surface area contributed by atoms with E-state index in [1.807, 2.05) is 12.1 Å². The molecule has 168 valence electrons. The molecule has 2 aromatic rings. The van der Waals surface area contributed by atoms with Gasteiger partial charge in [0.15, 0.2) is 0 Å². The molecule has 0 unspecified atom stereocenters. The van der Waals surface area contributed by atoms with Crippen LogP contribution in [-0.4, -0.2) is 21.6 Å². The number of nitrogens with zero attached hydrogens (tertiary/aromatic N) is 2. The van der Waals surface area contributed by atoms with Crippen molar-refractivity contribution in [2.75, 3.05) is 0 Å². The number of benzene rings is 1. The Morgan fingerprint density at radius 1 is 1.16 bits per heavy atom. The largest absolute Gasteiger partial charge is 0.508 e. The SMILES string of the molecule is CC(=N/N=C1/CC[C@@H]2[C@@H]3CCc4cc(O)ccc4[C@H]3CC[C@@]12C)c1c(O)cc(C)oc1=O. The fraction of sp³-hybridized carbons (Fsp3) is 0.500. The van der Waals surface area contributed by atoms with Crippen LogP contribution < -0.4 is 5.63 Å². The van der Waals surface area contributed by atoms with Crippen molar-refractivity contribution in [2.24, 2.45) is 27.5 Å². The molecule has 0 aliphatic heterocycles. The number of aryl methyl sites for hydroxylation is 2. The minimum Gasteiger partial charge on any atom is -0.508 e. The third-order valence-electron chi connectivity index (χ3n) is 8.19. The third-order valence-corrected chi connectivity index (χ3v) is 8.19. The summed E-state index contributed by atoms with van der Waals surface area (Å²) in [5.74, 6) is 2.34. The van der Waals surface area contributed by atoms with Crippen LogP contribution in [-0.2, 0) is 6.42 Å². The second-order valence-electron chi connectivity index (χ2n) is 9.93. The molecule has 2 saturated carbocycles. The molecule has 2 N–H and O–H groups in total. The van der Waals surface area contributed by atoms with Gasteiger partial charge in [0.2, 0.25) is 0 Å². The van der Waals surface area contributed by atoms with Crippen LogP contribution in [0.5, 0.6) is 11.5 Å². The highest BCUT2D eigenvalue weighted by Crippen LogP contribution is 2.60. The van der Waals surface area contributed by atoms with E-state index in [0.29, 0.717) is 35.0 Å². The molecule has 4 atom stereocenters. The zero-order valence-corrected chi connectivity index (χ0v) is 18.9. The molecule has 1 aromatic carbocycles. The van der Waals surface area contributed by atoms with Crippen LogP contribution in [0.15, 0.2) is 43.7 Å². The van der Waals surface area contributed by atoms with Crippen molar-refractivity contribution in [2.45, 2.75) is 65.2 Å². The van der Waals surface area contributed by atoms with E-state index >= 15 is 0 Å². The smallest absolute Gasteiger partial charge is 0.348 e. The average molecular weight is 435 g/mol. The van der Waals surface area contributed by atoms with Gasteiger partial charge in [-0.15, -0.1) is 0 Å². The first-order chi connectivity index (χ1) is 15.3. The number of rotatable bonds is 2. The molecule has 3 aliphatic rings. The highest BCUT2D eigenvalue weighted by Gasteiger charge is 2.53. The molecule has 0 spiro atoms. The van der Waals surface area contributed by atoms with Gasteiger partial charge < -0.3 is 14.6 Å². The summed E-state index contributed by atoms with van der Waals surface area (Å²) in [7, 11) is 0. The van der Waals surface area contributed by atoms with Gasteiger partial charge >= 0.3 is 5.63 Å². The fourth-order valence-electron chi connectivity index (χ4n) is 6.64. The van der Waals surface area contributed by atoms with E-state index < -0.39 is 5.63 Å². The number of phenols is 1. The van der Waals surface area contributed by atoms with Crippen LogP contribution in [0.3, 0.4) is 0 Å². The fourth-order valence-corrected chi connectivity index (χ4v) is 6.64. The molecule has 0 amide bonds. The van der Waals surface area contributed by atoms with E-state index in [9.17, 15) is 15.0 Å². The van der Waals surface area contributed by atoms with Gasteiger partial charge in [-0.1, -0.05) is 13.0 Å². The molecule has 32 heavy (non-hydrogen) atoms. The van der Waals surface area contributed by atoms with E-state index in [2.05, 4.69) is 23.2 Å². The Labute approximate surface area is 187 Å². The summed E-state index contributed by atoms with van der Waals surface area (Å²) < 4.78 is 5.12. The molecule has 0 bridgehead atoms. The van der Waals surface area contributed by atoms with E-state index in [0.717, 1.165) is 44.2 Å². The van der Waals surface area contributed by atoms with Gasteiger partial charge in [0.05, 0.1) is 5.71 Å². The normalized spacial score (nSPS) is 30.7. The third kappa shape index (κ3) is 3.28. The number of hydrogen-bond donors (Lipinski definition) is 2. The Hall–Kier alpha value is -2.89. The van der Waals surface area contributed by atoms with Gasteiger partial charge in [-0.2, -0.15) is 10.2 Å². The lowest BCUT2D eigenvalue weighted by Crippen LogP contribution is -2.42. The van der Waals surface area contributed by atoms with Crippen molar-refractivity contribution < 1.29 is 14.6 Å². The highest BCUT2D eigenvalue weighted by atomic mass is 16.4.